The Morgan fingerprint density at radius 3 is 2.35 bits per heavy atom. The first kappa shape index (κ1) is 16.7. The van der Waals surface area contributed by atoms with Gasteiger partial charge >= 0.3 is 12.2 Å². The van der Waals surface area contributed by atoms with Crippen molar-refractivity contribution in [2.45, 2.75) is 12.5 Å². The van der Waals surface area contributed by atoms with Crippen LogP contribution in [0.1, 0.15) is 6.42 Å². The van der Waals surface area contributed by atoms with Gasteiger partial charge in [-0.15, -0.1) is 0 Å². The predicted molar refractivity (Wildman–Crippen MR) is 81.2 cm³/mol. The minimum atomic E-state index is -1.04. The molecule has 0 spiro atoms. The normalized spacial score (nSPS) is 17.7. The summed E-state index contributed by atoms with van der Waals surface area (Å²) in [5.74, 6) is 1.37. The Hall–Kier alpha value is -2.64. The molecule has 1 atom stereocenters. The van der Waals surface area contributed by atoms with Crippen LogP contribution in [-0.4, -0.2) is 71.6 Å². The summed E-state index contributed by atoms with van der Waals surface area (Å²) in [5.41, 5.74) is 0. The molecule has 1 heterocycles. The quantitative estimate of drug-likeness (QED) is 0.857. The minimum absolute atomic E-state index is 0.160. The van der Waals surface area contributed by atoms with Crippen LogP contribution in [0, 0.1) is 0 Å². The number of ether oxygens (including phenoxy) is 2. The fraction of sp³-hybridized carbons (Fsp3) is 0.467. The van der Waals surface area contributed by atoms with Gasteiger partial charge in [0.05, 0.1) is 19.8 Å². The van der Waals surface area contributed by atoms with E-state index in [0.29, 0.717) is 18.8 Å². The zero-order chi connectivity index (χ0) is 16.8. The van der Waals surface area contributed by atoms with Crippen molar-refractivity contribution in [1.82, 2.24) is 9.80 Å². The number of nitrogens with zero attached hydrogens (tertiary/aromatic N) is 2. The predicted octanol–water partition coefficient (Wildman–Crippen LogP) is 1.81. The summed E-state index contributed by atoms with van der Waals surface area (Å²) >= 11 is 0. The number of amides is 2. The Balaban J connectivity index is 1.89. The third-order valence-electron chi connectivity index (χ3n) is 3.78. The molecular formula is C15H20N2O6. The molecule has 2 rings (SSSR count). The molecule has 2 N–H and O–H groups in total. The van der Waals surface area contributed by atoms with Gasteiger partial charge in [0.1, 0.15) is 11.5 Å². The van der Waals surface area contributed by atoms with Gasteiger partial charge in [0, 0.05) is 26.1 Å². The van der Waals surface area contributed by atoms with Crippen LogP contribution in [0.2, 0.25) is 0 Å². The van der Waals surface area contributed by atoms with Crippen molar-refractivity contribution in [3.05, 3.63) is 24.3 Å². The van der Waals surface area contributed by atoms with Crippen LogP contribution in [0.4, 0.5) is 9.59 Å². The van der Waals surface area contributed by atoms with E-state index >= 15 is 0 Å². The highest BCUT2D eigenvalue weighted by Gasteiger charge is 2.32. The monoisotopic (exact) mass is 324 g/mol. The van der Waals surface area contributed by atoms with E-state index in [2.05, 4.69) is 0 Å². The van der Waals surface area contributed by atoms with Crippen molar-refractivity contribution >= 4 is 12.2 Å². The van der Waals surface area contributed by atoms with Crippen LogP contribution in [-0.2, 0) is 0 Å². The van der Waals surface area contributed by atoms with Crippen molar-refractivity contribution in [2.24, 2.45) is 0 Å². The summed E-state index contributed by atoms with van der Waals surface area (Å²) in [6, 6.07) is 6.66. The highest BCUT2D eigenvalue weighted by atomic mass is 16.5. The van der Waals surface area contributed by atoms with Crippen LogP contribution < -0.4 is 9.47 Å². The summed E-state index contributed by atoms with van der Waals surface area (Å²) in [6.07, 6.45) is -1.65. The van der Waals surface area contributed by atoms with E-state index in [-0.39, 0.29) is 19.6 Å². The van der Waals surface area contributed by atoms with Gasteiger partial charge in [-0.05, 0) is 24.3 Å². The van der Waals surface area contributed by atoms with Gasteiger partial charge < -0.3 is 29.5 Å². The third-order valence-corrected chi connectivity index (χ3v) is 3.78. The van der Waals surface area contributed by atoms with Gasteiger partial charge in [0.15, 0.2) is 0 Å². The lowest BCUT2D eigenvalue weighted by molar-refractivity contribution is 0.0562. The maximum Gasteiger partial charge on any atom is 0.407 e. The van der Waals surface area contributed by atoms with Gasteiger partial charge in [0.25, 0.3) is 0 Å². The van der Waals surface area contributed by atoms with Gasteiger partial charge in [-0.25, -0.2) is 9.59 Å². The molecule has 126 valence electrons. The van der Waals surface area contributed by atoms with Crippen molar-refractivity contribution in [3.63, 3.8) is 0 Å². The van der Waals surface area contributed by atoms with Crippen molar-refractivity contribution in [3.8, 4) is 11.5 Å². The van der Waals surface area contributed by atoms with Crippen molar-refractivity contribution < 1.29 is 29.3 Å². The number of carbonyl (C=O) groups is 2. The van der Waals surface area contributed by atoms with E-state index in [1.165, 1.54) is 9.80 Å². The van der Waals surface area contributed by atoms with Crippen molar-refractivity contribution in [1.29, 1.82) is 0 Å². The Morgan fingerprint density at radius 2 is 1.78 bits per heavy atom. The molecule has 0 aliphatic carbocycles. The lowest BCUT2D eigenvalue weighted by atomic mass is 10.1. The number of rotatable bonds is 5. The number of benzene rings is 1. The zero-order valence-electron chi connectivity index (χ0n) is 12.8. The molecule has 0 bridgehead atoms. The largest absolute Gasteiger partial charge is 0.497 e. The minimum Gasteiger partial charge on any atom is -0.497 e. The smallest absolute Gasteiger partial charge is 0.407 e. The van der Waals surface area contributed by atoms with E-state index in [1.807, 2.05) is 0 Å². The van der Waals surface area contributed by atoms with E-state index in [1.54, 1.807) is 31.4 Å². The second-order valence-corrected chi connectivity index (χ2v) is 5.17. The highest BCUT2D eigenvalue weighted by Crippen LogP contribution is 2.18. The summed E-state index contributed by atoms with van der Waals surface area (Å²) < 4.78 is 10.6. The fourth-order valence-electron chi connectivity index (χ4n) is 2.51. The van der Waals surface area contributed by atoms with Crippen LogP contribution in [0.15, 0.2) is 24.3 Å². The molecule has 1 fully saturated rings. The van der Waals surface area contributed by atoms with Gasteiger partial charge in [0.2, 0.25) is 0 Å². The maximum atomic E-state index is 11.3. The van der Waals surface area contributed by atoms with Crippen molar-refractivity contribution in [2.75, 3.05) is 33.4 Å². The first-order valence-corrected chi connectivity index (χ1v) is 7.25. The molecule has 23 heavy (non-hydrogen) atoms. The average Bonchev–Trinajstić information content (AvgIpc) is 2.55. The fourth-order valence-corrected chi connectivity index (χ4v) is 2.51. The summed E-state index contributed by atoms with van der Waals surface area (Å²) in [6.45, 7) is 0.828. The summed E-state index contributed by atoms with van der Waals surface area (Å²) in [5, 5.41) is 18.3. The first-order chi connectivity index (χ1) is 11.0. The number of hydrogen-bond acceptors (Lipinski definition) is 4. The van der Waals surface area contributed by atoms with E-state index in [4.69, 9.17) is 14.6 Å². The molecular weight excluding hydrogens is 304 g/mol. The molecule has 1 aromatic rings. The lowest BCUT2D eigenvalue weighted by Crippen LogP contribution is -2.56. The SMILES string of the molecule is COc1ccc(OCC[C@@H]2CN(C(=O)O)CCN2C(=O)O)cc1. The topological polar surface area (TPSA) is 99.5 Å². The maximum absolute atomic E-state index is 11.3. The first-order valence-electron chi connectivity index (χ1n) is 7.25. The summed E-state index contributed by atoms with van der Waals surface area (Å²) in [7, 11) is 1.58. The molecule has 1 aliphatic heterocycles. The summed E-state index contributed by atoms with van der Waals surface area (Å²) in [4.78, 5) is 24.8. The van der Waals surface area contributed by atoms with E-state index in [9.17, 15) is 14.7 Å². The van der Waals surface area contributed by atoms with Crippen LogP contribution >= 0.6 is 0 Å². The molecule has 0 unspecified atom stereocenters. The number of carboxylic acid groups (broad SMARTS) is 2. The number of hydrogen-bond donors (Lipinski definition) is 2. The van der Waals surface area contributed by atoms with Gasteiger partial charge in [-0.1, -0.05) is 0 Å². The third kappa shape index (κ3) is 4.41. The van der Waals surface area contributed by atoms with Gasteiger partial charge in [-0.3, -0.25) is 0 Å². The van der Waals surface area contributed by atoms with Crippen LogP contribution in [0.25, 0.3) is 0 Å². The molecule has 0 aromatic heterocycles. The number of piperazine rings is 1. The molecule has 1 saturated heterocycles. The van der Waals surface area contributed by atoms with Crippen LogP contribution in [0.5, 0.6) is 11.5 Å². The van der Waals surface area contributed by atoms with Gasteiger partial charge in [-0.2, -0.15) is 0 Å². The Kier molecular flexibility index (Phi) is 5.51. The Labute approximate surface area is 133 Å². The Morgan fingerprint density at radius 1 is 1.13 bits per heavy atom. The van der Waals surface area contributed by atoms with E-state index < -0.39 is 18.2 Å². The molecule has 2 amide bonds. The Bertz CT molecular complexity index is 547. The molecule has 8 heteroatoms. The molecule has 1 aliphatic rings. The molecule has 0 radical (unpaired) electrons. The molecule has 8 nitrogen and oxygen atoms in total. The molecule has 1 aromatic carbocycles. The standard InChI is InChI=1S/C15H20N2O6/c1-22-12-2-4-13(5-3-12)23-9-6-11-10-16(14(18)19)7-8-17(11)15(20)21/h2-5,11H,6-10H2,1H3,(H,18,19)(H,20,21)/t11-/m1/s1. The second-order valence-electron chi connectivity index (χ2n) is 5.17. The van der Waals surface area contributed by atoms with E-state index in [0.717, 1.165) is 5.75 Å². The lowest BCUT2D eigenvalue weighted by Gasteiger charge is -2.38. The highest BCUT2D eigenvalue weighted by molar-refractivity contribution is 5.68. The molecule has 0 saturated carbocycles. The second kappa shape index (κ2) is 7.57. The number of methoxy groups -OCH3 is 1. The van der Waals surface area contributed by atoms with Crippen LogP contribution in [0.3, 0.4) is 0 Å². The zero-order valence-corrected chi connectivity index (χ0v) is 12.8. The average molecular weight is 324 g/mol.